The molecule has 0 aromatic heterocycles. The summed E-state index contributed by atoms with van der Waals surface area (Å²) in [5, 5.41) is 19.0. The molecule has 0 aliphatic heterocycles. The number of nitrogens with zero attached hydrogens (tertiary/aromatic N) is 1. The molecule has 0 spiro atoms. The molecule has 1 rings (SSSR count). The van der Waals surface area contributed by atoms with Crippen LogP contribution in [0.1, 0.15) is 18.6 Å². The molecule has 14 heavy (non-hydrogen) atoms. The van der Waals surface area contributed by atoms with Crippen LogP contribution in [0, 0.1) is 0 Å². The Balaban J connectivity index is 2.64. The van der Waals surface area contributed by atoms with Crippen molar-refractivity contribution in [2.45, 2.75) is 13.0 Å². The van der Waals surface area contributed by atoms with Gasteiger partial charge in [0.15, 0.2) is 0 Å². The number of benzene rings is 1. The summed E-state index contributed by atoms with van der Waals surface area (Å²) in [5.74, 6) is 0.195. The normalized spacial score (nSPS) is 13.1. The number of hydrogen-bond donors (Lipinski definition) is 2. The fraction of sp³-hybridized carbons (Fsp3) is 0.455. The third-order valence-electron chi connectivity index (χ3n) is 2.28. The van der Waals surface area contributed by atoms with Gasteiger partial charge in [-0.2, -0.15) is 0 Å². The first-order chi connectivity index (χ1) is 6.63. The van der Waals surface area contributed by atoms with E-state index in [-0.39, 0.29) is 5.75 Å². The summed E-state index contributed by atoms with van der Waals surface area (Å²) >= 11 is 0. The topological polar surface area (TPSA) is 43.7 Å². The third kappa shape index (κ3) is 3.01. The van der Waals surface area contributed by atoms with Crippen LogP contribution in [-0.4, -0.2) is 35.3 Å². The van der Waals surface area contributed by atoms with Crippen LogP contribution < -0.4 is 0 Å². The van der Waals surface area contributed by atoms with Crippen LogP contribution in [0.2, 0.25) is 0 Å². The fourth-order valence-corrected chi connectivity index (χ4v) is 1.26. The van der Waals surface area contributed by atoms with Gasteiger partial charge >= 0.3 is 0 Å². The van der Waals surface area contributed by atoms with Gasteiger partial charge in [0.25, 0.3) is 0 Å². The van der Waals surface area contributed by atoms with Gasteiger partial charge in [-0.05, 0) is 31.3 Å². The zero-order valence-electron chi connectivity index (χ0n) is 8.64. The van der Waals surface area contributed by atoms with Crippen molar-refractivity contribution >= 4 is 0 Å². The average molecular weight is 195 g/mol. The third-order valence-corrected chi connectivity index (χ3v) is 2.28. The van der Waals surface area contributed by atoms with Crippen molar-refractivity contribution in [3.63, 3.8) is 0 Å². The van der Waals surface area contributed by atoms with Crippen molar-refractivity contribution in [1.29, 1.82) is 0 Å². The van der Waals surface area contributed by atoms with E-state index in [1.807, 2.05) is 24.9 Å². The standard InChI is InChI=1S/C11H17NO2/c1-3-12(2)8-11(14)9-5-4-6-10(13)7-9/h4-7,11,13-14H,3,8H2,1-2H3. The first-order valence-electron chi connectivity index (χ1n) is 4.79. The summed E-state index contributed by atoms with van der Waals surface area (Å²) in [7, 11) is 1.95. The number of aromatic hydroxyl groups is 1. The molecule has 0 radical (unpaired) electrons. The number of rotatable bonds is 4. The SMILES string of the molecule is CCN(C)CC(O)c1cccc(O)c1. The Morgan fingerprint density at radius 3 is 2.71 bits per heavy atom. The zero-order valence-corrected chi connectivity index (χ0v) is 8.64. The lowest BCUT2D eigenvalue weighted by atomic mass is 10.1. The Hall–Kier alpha value is -1.06. The molecule has 1 unspecified atom stereocenters. The molecule has 3 nitrogen and oxygen atoms in total. The van der Waals surface area contributed by atoms with Crippen LogP contribution in [-0.2, 0) is 0 Å². The highest BCUT2D eigenvalue weighted by Crippen LogP contribution is 2.18. The fourth-order valence-electron chi connectivity index (χ4n) is 1.26. The predicted octanol–water partition coefficient (Wildman–Crippen LogP) is 1.38. The number of phenols is 1. The maximum Gasteiger partial charge on any atom is 0.115 e. The van der Waals surface area contributed by atoms with E-state index in [4.69, 9.17) is 0 Å². The van der Waals surface area contributed by atoms with E-state index in [1.165, 1.54) is 0 Å². The van der Waals surface area contributed by atoms with E-state index in [0.717, 1.165) is 12.1 Å². The van der Waals surface area contributed by atoms with Gasteiger partial charge in [-0.3, -0.25) is 0 Å². The Labute approximate surface area is 84.6 Å². The van der Waals surface area contributed by atoms with E-state index in [9.17, 15) is 10.2 Å². The van der Waals surface area contributed by atoms with Crippen LogP contribution in [0.5, 0.6) is 5.75 Å². The molecule has 1 atom stereocenters. The summed E-state index contributed by atoms with van der Waals surface area (Å²) in [6.07, 6.45) is -0.535. The summed E-state index contributed by atoms with van der Waals surface area (Å²) in [4.78, 5) is 2.02. The van der Waals surface area contributed by atoms with Crippen molar-refractivity contribution in [2.75, 3.05) is 20.1 Å². The number of hydrogen-bond acceptors (Lipinski definition) is 3. The van der Waals surface area contributed by atoms with Crippen molar-refractivity contribution in [3.8, 4) is 5.75 Å². The van der Waals surface area contributed by atoms with Gasteiger partial charge in [0, 0.05) is 6.54 Å². The van der Waals surface area contributed by atoms with E-state index in [0.29, 0.717) is 6.54 Å². The lowest BCUT2D eigenvalue weighted by Crippen LogP contribution is -2.24. The molecule has 0 aliphatic rings. The molecule has 0 saturated heterocycles. The maximum absolute atomic E-state index is 9.79. The molecule has 2 N–H and O–H groups in total. The monoisotopic (exact) mass is 195 g/mol. The zero-order chi connectivity index (χ0) is 10.6. The summed E-state index contributed by atoms with van der Waals surface area (Å²) in [6, 6.07) is 6.74. The summed E-state index contributed by atoms with van der Waals surface area (Å²) in [6.45, 7) is 3.52. The molecule has 1 aromatic carbocycles. The minimum absolute atomic E-state index is 0.195. The molecule has 1 aromatic rings. The Morgan fingerprint density at radius 2 is 2.14 bits per heavy atom. The second-order valence-corrected chi connectivity index (χ2v) is 3.47. The molecule has 78 valence electrons. The summed E-state index contributed by atoms with van der Waals surface area (Å²) in [5.41, 5.74) is 0.755. The van der Waals surface area contributed by atoms with Gasteiger partial charge < -0.3 is 15.1 Å². The molecule has 0 amide bonds. The highest BCUT2D eigenvalue weighted by atomic mass is 16.3. The number of aliphatic hydroxyl groups excluding tert-OH is 1. The Bertz CT molecular complexity index is 288. The molecule has 0 bridgehead atoms. The van der Waals surface area contributed by atoms with Gasteiger partial charge in [0.2, 0.25) is 0 Å². The second kappa shape index (κ2) is 4.98. The highest BCUT2D eigenvalue weighted by Gasteiger charge is 2.09. The molecular weight excluding hydrogens is 178 g/mol. The van der Waals surface area contributed by atoms with Crippen molar-refractivity contribution in [1.82, 2.24) is 4.90 Å². The van der Waals surface area contributed by atoms with Gasteiger partial charge in [-0.25, -0.2) is 0 Å². The van der Waals surface area contributed by atoms with Gasteiger partial charge in [0.05, 0.1) is 6.10 Å². The van der Waals surface area contributed by atoms with Crippen LogP contribution >= 0.6 is 0 Å². The second-order valence-electron chi connectivity index (χ2n) is 3.47. The first-order valence-corrected chi connectivity index (χ1v) is 4.79. The highest BCUT2D eigenvalue weighted by molar-refractivity contribution is 5.28. The van der Waals surface area contributed by atoms with E-state index in [1.54, 1.807) is 18.2 Å². The lowest BCUT2D eigenvalue weighted by molar-refractivity contribution is 0.129. The van der Waals surface area contributed by atoms with Crippen LogP contribution in [0.4, 0.5) is 0 Å². The van der Waals surface area contributed by atoms with E-state index >= 15 is 0 Å². The average Bonchev–Trinajstić information content (AvgIpc) is 2.17. The quantitative estimate of drug-likeness (QED) is 0.762. The van der Waals surface area contributed by atoms with Gasteiger partial charge in [-0.1, -0.05) is 19.1 Å². The van der Waals surface area contributed by atoms with E-state index < -0.39 is 6.10 Å². The molecule has 0 saturated carbocycles. The Morgan fingerprint density at radius 1 is 1.43 bits per heavy atom. The minimum Gasteiger partial charge on any atom is -0.508 e. The summed E-state index contributed by atoms with van der Waals surface area (Å²) < 4.78 is 0. The molecule has 0 fully saturated rings. The molecule has 0 aliphatic carbocycles. The number of likely N-dealkylation sites (N-methyl/N-ethyl adjacent to an activating group) is 1. The largest absolute Gasteiger partial charge is 0.508 e. The maximum atomic E-state index is 9.79. The van der Waals surface area contributed by atoms with Crippen molar-refractivity contribution in [2.24, 2.45) is 0 Å². The molecule has 0 heterocycles. The van der Waals surface area contributed by atoms with Crippen LogP contribution in [0.15, 0.2) is 24.3 Å². The van der Waals surface area contributed by atoms with Gasteiger partial charge in [-0.15, -0.1) is 0 Å². The van der Waals surface area contributed by atoms with E-state index in [2.05, 4.69) is 0 Å². The van der Waals surface area contributed by atoms with Crippen LogP contribution in [0.25, 0.3) is 0 Å². The van der Waals surface area contributed by atoms with Crippen LogP contribution in [0.3, 0.4) is 0 Å². The molecular formula is C11H17NO2. The number of aliphatic hydroxyl groups is 1. The predicted molar refractivity (Wildman–Crippen MR) is 56.2 cm³/mol. The van der Waals surface area contributed by atoms with Gasteiger partial charge in [0.1, 0.15) is 5.75 Å². The lowest BCUT2D eigenvalue weighted by Gasteiger charge is -2.18. The number of phenolic OH excluding ortho intramolecular Hbond substituents is 1. The minimum atomic E-state index is -0.535. The van der Waals surface area contributed by atoms with Crippen molar-refractivity contribution in [3.05, 3.63) is 29.8 Å². The molecule has 3 heteroatoms. The first kappa shape index (κ1) is 11.0. The van der Waals surface area contributed by atoms with Crippen molar-refractivity contribution < 1.29 is 10.2 Å². The Kier molecular flexibility index (Phi) is 3.92. The smallest absolute Gasteiger partial charge is 0.115 e.